The van der Waals surface area contributed by atoms with E-state index in [-0.39, 0.29) is 12.0 Å². The molecule has 1 atom stereocenters. The number of anilines is 2. The summed E-state index contributed by atoms with van der Waals surface area (Å²) in [5, 5.41) is 13.6. The molecule has 3 heterocycles. The van der Waals surface area contributed by atoms with Gasteiger partial charge in [0.15, 0.2) is 5.65 Å². The third-order valence-corrected chi connectivity index (χ3v) is 4.22. The van der Waals surface area contributed by atoms with Gasteiger partial charge in [-0.3, -0.25) is 4.79 Å². The number of allylic oxidation sites excluding steroid dienone is 3. The summed E-state index contributed by atoms with van der Waals surface area (Å²) in [5.41, 5.74) is 1.87. The Balaban J connectivity index is 1.85. The van der Waals surface area contributed by atoms with Crippen LogP contribution in [0.15, 0.2) is 35.9 Å². The maximum atomic E-state index is 12.5. The maximum Gasteiger partial charge on any atom is 0.256 e. The van der Waals surface area contributed by atoms with Gasteiger partial charge >= 0.3 is 0 Å². The Morgan fingerprint density at radius 2 is 2.32 bits per heavy atom. The zero-order valence-corrected chi connectivity index (χ0v) is 14.2. The number of nitrogens with zero attached hydrogens (tertiary/aromatic N) is 3. The molecule has 1 unspecified atom stereocenters. The van der Waals surface area contributed by atoms with E-state index in [0.717, 1.165) is 30.1 Å². The van der Waals surface area contributed by atoms with Crippen LogP contribution in [0.1, 0.15) is 30.1 Å². The van der Waals surface area contributed by atoms with Gasteiger partial charge in [0.1, 0.15) is 23.3 Å². The van der Waals surface area contributed by atoms with Crippen LogP contribution in [0, 0.1) is 0 Å². The van der Waals surface area contributed by atoms with E-state index >= 15 is 0 Å². The predicted molar refractivity (Wildman–Crippen MR) is 94.4 cm³/mol. The van der Waals surface area contributed by atoms with Crippen LogP contribution in [0.2, 0.25) is 0 Å². The molecule has 0 saturated heterocycles. The van der Waals surface area contributed by atoms with Gasteiger partial charge in [-0.15, -0.1) is 0 Å². The van der Waals surface area contributed by atoms with Crippen molar-refractivity contribution in [2.45, 2.75) is 25.9 Å². The van der Waals surface area contributed by atoms with E-state index in [9.17, 15) is 4.79 Å². The number of rotatable bonds is 1. The monoisotopic (exact) mass is 340 g/mol. The van der Waals surface area contributed by atoms with Gasteiger partial charge in [-0.05, 0) is 19.4 Å². The van der Waals surface area contributed by atoms with E-state index in [1.165, 1.54) is 6.20 Å². The molecule has 8 nitrogen and oxygen atoms in total. The first-order chi connectivity index (χ1) is 12.1. The summed E-state index contributed by atoms with van der Waals surface area (Å²) in [5.74, 6) is 2.07. The average Bonchev–Trinajstić information content (AvgIpc) is 3.02. The number of carbonyl (C=O) groups is 1. The Morgan fingerprint density at radius 1 is 1.44 bits per heavy atom. The minimum absolute atomic E-state index is 0.120. The fourth-order valence-corrected chi connectivity index (χ4v) is 3.00. The van der Waals surface area contributed by atoms with Crippen LogP contribution in [-0.4, -0.2) is 40.2 Å². The smallest absolute Gasteiger partial charge is 0.256 e. The van der Waals surface area contributed by atoms with Crippen molar-refractivity contribution in [3.05, 3.63) is 41.4 Å². The van der Waals surface area contributed by atoms with Crippen LogP contribution < -0.4 is 16.0 Å². The van der Waals surface area contributed by atoms with E-state index < -0.39 is 0 Å². The van der Waals surface area contributed by atoms with Gasteiger partial charge in [-0.25, -0.2) is 4.98 Å². The largest absolute Gasteiger partial charge is 0.493 e. The molecule has 130 valence electrons. The summed E-state index contributed by atoms with van der Waals surface area (Å²) >= 11 is 0. The molecule has 0 radical (unpaired) electrons. The molecular weight excluding hydrogens is 320 g/mol. The number of aromatic nitrogens is 3. The van der Waals surface area contributed by atoms with Crippen molar-refractivity contribution in [1.29, 1.82) is 0 Å². The lowest BCUT2D eigenvalue weighted by molar-refractivity contribution is 0.0882. The second-order valence-corrected chi connectivity index (χ2v) is 6.14. The first-order valence-electron chi connectivity index (χ1n) is 8.33. The fourth-order valence-electron chi connectivity index (χ4n) is 3.00. The highest BCUT2D eigenvalue weighted by molar-refractivity contribution is 6.00. The number of hydrogen-bond donors (Lipinski definition) is 3. The highest BCUT2D eigenvalue weighted by Gasteiger charge is 2.19. The molecule has 0 fully saturated rings. The van der Waals surface area contributed by atoms with E-state index in [1.807, 2.05) is 26.1 Å². The molecule has 4 rings (SSSR count). The van der Waals surface area contributed by atoms with Gasteiger partial charge in [0.25, 0.3) is 5.91 Å². The average molecular weight is 340 g/mol. The number of hydrogen-bond acceptors (Lipinski definition) is 6. The summed E-state index contributed by atoms with van der Waals surface area (Å²) in [6, 6.07) is 1.85. The van der Waals surface area contributed by atoms with Gasteiger partial charge < -0.3 is 20.7 Å². The molecule has 2 aromatic rings. The lowest BCUT2D eigenvalue weighted by Gasteiger charge is -2.20. The Bertz CT molecular complexity index is 898. The molecule has 8 heteroatoms. The predicted octanol–water partition coefficient (Wildman–Crippen LogP) is 1.89. The third kappa shape index (κ3) is 2.90. The van der Waals surface area contributed by atoms with E-state index in [1.54, 1.807) is 4.52 Å². The van der Waals surface area contributed by atoms with Gasteiger partial charge in [0.2, 0.25) is 0 Å². The fraction of sp³-hybridized carbons (Fsp3) is 0.353. The second kappa shape index (κ2) is 6.12. The first-order valence-corrected chi connectivity index (χ1v) is 8.33. The number of carbonyl (C=O) groups excluding carboxylic acids is 1. The molecule has 2 aromatic heterocycles. The molecule has 1 amide bonds. The Morgan fingerprint density at radius 3 is 3.16 bits per heavy atom. The van der Waals surface area contributed by atoms with Crippen LogP contribution in [0.3, 0.4) is 0 Å². The molecule has 4 bridgehead atoms. The topological polar surface area (TPSA) is 92.6 Å². The van der Waals surface area contributed by atoms with Crippen LogP contribution >= 0.6 is 0 Å². The SMILES string of the molecule is CNc1cc2nc3c(cnn13)C(=O)NCC(C)OC1=CC(=CCC1)N2. The summed E-state index contributed by atoms with van der Waals surface area (Å²) in [6.45, 7) is 2.36. The minimum atomic E-state index is -0.215. The maximum absolute atomic E-state index is 12.5. The number of ether oxygens (including phenoxy) is 1. The zero-order chi connectivity index (χ0) is 17.4. The Kier molecular flexibility index (Phi) is 3.79. The summed E-state index contributed by atoms with van der Waals surface area (Å²) < 4.78 is 7.58. The van der Waals surface area contributed by atoms with E-state index in [0.29, 0.717) is 23.6 Å². The molecule has 0 aromatic carbocycles. The van der Waals surface area contributed by atoms with Crippen molar-refractivity contribution in [2.75, 3.05) is 24.2 Å². The van der Waals surface area contributed by atoms with Crippen molar-refractivity contribution in [3.8, 4) is 0 Å². The standard InChI is InChI=1S/C17H20N6O2/c1-10-8-19-17(24)13-9-20-23-15(18-2)7-14(22-16(13)23)21-11-4-3-5-12(6-11)25-10/h4,6-7,9-10,18H,3,5,8H2,1-2H3,(H,19,24)(H,21,22). The number of fused-ring (bicyclic) bond motifs is 2. The summed E-state index contributed by atoms with van der Waals surface area (Å²) in [6.07, 6.45) is 7.26. The second-order valence-electron chi connectivity index (χ2n) is 6.14. The normalized spacial score (nSPS) is 20.2. The highest BCUT2D eigenvalue weighted by atomic mass is 16.5. The van der Waals surface area contributed by atoms with Crippen LogP contribution in [0.25, 0.3) is 5.65 Å². The molecule has 0 saturated carbocycles. The molecule has 1 aliphatic carbocycles. The highest BCUT2D eigenvalue weighted by Crippen LogP contribution is 2.24. The van der Waals surface area contributed by atoms with Gasteiger partial charge in [-0.2, -0.15) is 9.61 Å². The van der Waals surface area contributed by atoms with Gasteiger partial charge in [0.05, 0.1) is 18.5 Å². The molecular formula is C17H20N6O2. The summed E-state index contributed by atoms with van der Waals surface area (Å²) in [7, 11) is 1.81. The number of nitrogens with one attached hydrogen (secondary N) is 3. The Hall–Kier alpha value is -3.03. The minimum Gasteiger partial charge on any atom is -0.493 e. The molecule has 2 aliphatic rings. The number of amides is 1. The van der Waals surface area contributed by atoms with Gasteiger partial charge in [0, 0.05) is 25.2 Å². The van der Waals surface area contributed by atoms with Crippen molar-refractivity contribution in [1.82, 2.24) is 19.9 Å². The lowest BCUT2D eigenvalue weighted by Crippen LogP contribution is -2.32. The third-order valence-electron chi connectivity index (χ3n) is 4.22. The van der Waals surface area contributed by atoms with Gasteiger partial charge in [-0.1, -0.05) is 6.08 Å². The molecule has 3 N–H and O–H groups in total. The first kappa shape index (κ1) is 15.5. The van der Waals surface area contributed by atoms with Crippen molar-refractivity contribution in [2.24, 2.45) is 0 Å². The van der Waals surface area contributed by atoms with Crippen molar-refractivity contribution < 1.29 is 9.53 Å². The molecule has 25 heavy (non-hydrogen) atoms. The summed E-state index contributed by atoms with van der Waals surface area (Å²) in [4.78, 5) is 17.1. The Labute approximate surface area is 145 Å². The van der Waals surface area contributed by atoms with Crippen molar-refractivity contribution >= 4 is 23.2 Å². The quantitative estimate of drug-likeness (QED) is 0.734. The molecule has 1 aliphatic heterocycles. The van der Waals surface area contributed by atoms with Crippen LogP contribution in [0.4, 0.5) is 11.6 Å². The van der Waals surface area contributed by atoms with E-state index in [2.05, 4.69) is 32.1 Å². The van der Waals surface area contributed by atoms with Crippen molar-refractivity contribution in [3.63, 3.8) is 0 Å². The lowest BCUT2D eigenvalue weighted by atomic mass is 10.1. The van der Waals surface area contributed by atoms with E-state index in [4.69, 9.17) is 4.74 Å². The molecule has 0 spiro atoms. The van der Waals surface area contributed by atoms with Crippen LogP contribution in [0.5, 0.6) is 0 Å². The zero-order valence-electron chi connectivity index (χ0n) is 14.2. The van der Waals surface area contributed by atoms with Crippen LogP contribution in [-0.2, 0) is 4.74 Å².